The molecule has 1 aromatic heterocycles. The van der Waals surface area contributed by atoms with Crippen LogP contribution in [0, 0.1) is 17.7 Å². The number of hydrogen-bond donors (Lipinski definition) is 1. The first kappa shape index (κ1) is 12.0. The van der Waals surface area contributed by atoms with Crippen molar-refractivity contribution in [2.75, 3.05) is 11.9 Å². The Balaban J connectivity index is 2.98. The van der Waals surface area contributed by atoms with Gasteiger partial charge in [-0.3, -0.25) is 4.79 Å². The van der Waals surface area contributed by atoms with E-state index in [0.29, 0.717) is 11.4 Å². The van der Waals surface area contributed by atoms with Crippen LogP contribution in [0.2, 0.25) is 0 Å². The van der Waals surface area contributed by atoms with E-state index in [0.717, 1.165) is 0 Å². The minimum Gasteiger partial charge on any atom is -0.351 e. The fraction of sp³-hybridized carbons (Fsp3) is 0.250. The molecule has 0 radical (unpaired) electrons. The maximum atomic E-state index is 13.0. The van der Waals surface area contributed by atoms with Crippen molar-refractivity contribution in [3.05, 3.63) is 29.3 Å². The molecule has 0 aliphatic heterocycles. The maximum Gasteiger partial charge on any atom is 0.254 e. The monoisotopic (exact) mass is 282 g/mol. The van der Waals surface area contributed by atoms with Crippen LogP contribution in [0.3, 0.4) is 0 Å². The van der Waals surface area contributed by atoms with Crippen LogP contribution in [0.1, 0.15) is 10.4 Å². The molecule has 3 nitrogen and oxygen atoms in total. The molecule has 0 aromatic carbocycles. The van der Waals surface area contributed by atoms with Crippen molar-refractivity contribution < 1.29 is 18.0 Å². The Hall–Kier alpha value is -1.11. The summed E-state index contributed by atoms with van der Waals surface area (Å²) in [5.41, 5.74) is -0.694. The largest absolute Gasteiger partial charge is 0.351 e. The number of hydrogen-bond acceptors (Lipinski definition) is 2. The summed E-state index contributed by atoms with van der Waals surface area (Å²) in [6.07, 6.45) is 0. The predicted octanol–water partition coefficient (Wildman–Crippen LogP) is 1.62. The number of amides is 1. The van der Waals surface area contributed by atoms with Crippen LogP contribution in [-0.4, -0.2) is 22.8 Å². The molecule has 1 heterocycles. The molecule has 0 bridgehead atoms. The van der Waals surface area contributed by atoms with E-state index in [4.69, 9.17) is 0 Å². The number of pyridine rings is 1. The Morgan fingerprint density at radius 1 is 1.47 bits per heavy atom. The average molecular weight is 283 g/mol. The molecule has 15 heavy (non-hydrogen) atoms. The lowest BCUT2D eigenvalue weighted by molar-refractivity contribution is 0.0950. The standard InChI is InChI=1S/C8H6BrF3N2O/c9-1-2-13-8(15)4-3-5(10)14-7(12)6(4)11/h3H,1-2H2,(H,13,15). The quantitative estimate of drug-likeness (QED) is 0.676. The third-order valence-corrected chi connectivity index (χ3v) is 1.91. The summed E-state index contributed by atoms with van der Waals surface area (Å²) in [7, 11) is 0. The highest BCUT2D eigenvalue weighted by molar-refractivity contribution is 9.09. The zero-order chi connectivity index (χ0) is 11.4. The molecule has 0 aliphatic rings. The first-order valence-corrected chi connectivity index (χ1v) is 5.04. The van der Waals surface area contributed by atoms with Gasteiger partial charge in [0.25, 0.3) is 11.9 Å². The van der Waals surface area contributed by atoms with Crippen LogP contribution >= 0.6 is 15.9 Å². The zero-order valence-corrected chi connectivity index (χ0v) is 8.94. The summed E-state index contributed by atoms with van der Waals surface area (Å²) in [4.78, 5) is 13.8. The van der Waals surface area contributed by atoms with Crippen molar-refractivity contribution in [2.24, 2.45) is 0 Å². The van der Waals surface area contributed by atoms with Gasteiger partial charge in [0, 0.05) is 17.9 Å². The van der Waals surface area contributed by atoms with Crippen molar-refractivity contribution in [2.45, 2.75) is 0 Å². The van der Waals surface area contributed by atoms with Gasteiger partial charge in [0.15, 0.2) is 5.82 Å². The van der Waals surface area contributed by atoms with Gasteiger partial charge < -0.3 is 5.32 Å². The predicted molar refractivity (Wildman–Crippen MR) is 50.2 cm³/mol. The van der Waals surface area contributed by atoms with E-state index in [1.54, 1.807) is 0 Å². The van der Waals surface area contributed by atoms with E-state index in [1.807, 2.05) is 0 Å². The van der Waals surface area contributed by atoms with Crippen LogP contribution in [0.4, 0.5) is 13.2 Å². The molecule has 82 valence electrons. The molecule has 1 amide bonds. The van der Waals surface area contributed by atoms with Gasteiger partial charge in [-0.05, 0) is 0 Å². The SMILES string of the molecule is O=C(NCCBr)c1cc(F)nc(F)c1F. The summed E-state index contributed by atoms with van der Waals surface area (Å²) >= 11 is 3.03. The molecular weight excluding hydrogens is 277 g/mol. The molecule has 0 saturated heterocycles. The normalized spacial score (nSPS) is 10.1. The Kier molecular flexibility index (Phi) is 4.07. The van der Waals surface area contributed by atoms with Crippen LogP contribution in [0.25, 0.3) is 0 Å². The lowest BCUT2D eigenvalue weighted by Gasteiger charge is -2.04. The summed E-state index contributed by atoms with van der Waals surface area (Å²) in [6, 6.07) is 0.544. The highest BCUT2D eigenvalue weighted by Gasteiger charge is 2.18. The van der Waals surface area contributed by atoms with Gasteiger partial charge in [-0.25, -0.2) is 4.39 Å². The number of carbonyl (C=O) groups excluding carboxylic acids is 1. The molecule has 7 heteroatoms. The minimum absolute atomic E-state index is 0.226. The number of nitrogens with one attached hydrogen (secondary N) is 1. The van der Waals surface area contributed by atoms with Crippen LogP contribution < -0.4 is 5.32 Å². The molecular formula is C8H6BrF3N2O. The minimum atomic E-state index is -1.63. The molecule has 0 aliphatic carbocycles. The number of rotatable bonds is 3. The van der Waals surface area contributed by atoms with Crippen molar-refractivity contribution in [1.82, 2.24) is 10.3 Å². The van der Waals surface area contributed by atoms with E-state index in [2.05, 4.69) is 26.2 Å². The van der Waals surface area contributed by atoms with E-state index >= 15 is 0 Å². The lowest BCUT2D eigenvalue weighted by atomic mass is 10.2. The van der Waals surface area contributed by atoms with Crippen LogP contribution in [-0.2, 0) is 0 Å². The summed E-state index contributed by atoms with van der Waals surface area (Å²) in [6.45, 7) is 0.226. The Labute approximate surface area is 91.8 Å². The topological polar surface area (TPSA) is 42.0 Å². The second-order valence-corrected chi connectivity index (χ2v) is 3.34. The van der Waals surface area contributed by atoms with E-state index in [1.165, 1.54) is 0 Å². The van der Waals surface area contributed by atoms with Gasteiger partial charge in [-0.2, -0.15) is 13.8 Å². The summed E-state index contributed by atoms with van der Waals surface area (Å²) in [5.74, 6) is -5.20. The fourth-order valence-electron chi connectivity index (χ4n) is 0.890. The van der Waals surface area contributed by atoms with Gasteiger partial charge in [0.1, 0.15) is 0 Å². The van der Waals surface area contributed by atoms with E-state index in [-0.39, 0.29) is 6.54 Å². The molecule has 0 saturated carbocycles. The maximum absolute atomic E-state index is 13.0. The summed E-state index contributed by atoms with van der Waals surface area (Å²) in [5, 5.41) is 2.71. The van der Waals surface area contributed by atoms with Gasteiger partial charge in [0.05, 0.1) is 5.56 Å². The fourth-order valence-corrected chi connectivity index (χ4v) is 1.09. The van der Waals surface area contributed by atoms with Crippen LogP contribution in [0.15, 0.2) is 6.07 Å². The molecule has 1 N–H and O–H groups in total. The highest BCUT2D eigenvalue weighted by Crippen LogP contribution is 2.10. The average Bonchev–Trinajstić information content (AvgIpc) is 2.19. The first-order chi connectivity index (χ1) is 7.06. The Bertz CT molecular complexity index is 386. The molecule has 0 fully saturated rings. The third kappa shape index (κ3) is 2.92. The van der Waals surface area contributed by atoms with Crippen molar-refractivity contribution in [3.8, 4) is 0 Å². The number of aromatic nitrogens is 1. The highest BCUT2D eigenvalue weighted by atomic mass is 79.9. The molecule has 0 spiro atoms. The van der Waals surface area contributed by atoms with Crippen LogP contribution in [0.5, 0.6) is 0 Å². The van der Waals surface area contributed by atoms with Gasteiger partial charge >= 0.3 is 0 Å². The van der Waals surface area contributed by atoms with E-state index in [9.17, 15) is 18.0 Å². The number of alkyl halides is 1. The van der Waals surface area contributed by atoms with E-state index < -0.39 is 29.2 Å². The smallest absolute Gasteiger partial charge is 0.254 e. The van der Waals surface area contributed by atoms with Crippen molar-refractivity contribution >= 4 is 21.8 Å². The third-order valence-electron chi connectivity index (χ3n) is 1.51. The molecule has 0 atom stereocenters. The van der Waals surface area contributed by atoms with Gasteiger partial charge in [0.2, 0.25) is 5.95 Å². The first-order valence-electron chi connectivity index (χ1n) is 3.92. The zero-order valence-electron chi connectivity index (χ0n) is 7.36. The molecule has 1 rings (SSSR count). The number of halogens is 4. The summed E-state index contributed by atoms with van der Waals surface area (Å²) < 4.78 is 38.2. The van der Waals surface area contributed by atoms with Crippen molar-refractivity contribution in [3.63, 3.8) is 0 Å². The van der Waals surface area contributed by atoms with Crippen molar-refractivity contribution in [1.29, 1.82) is 0 Å². The number of nitrogens with zero attached hydrogens (tertiary/aromatic N) is 1. The molecule has 0 unspecified atom stereocenters. The Morgan fingerprint density at radius 3 is 2.73 bits per heavy atom. The Morgan fingerprint density at radius 2 is 2.13 bits per heavy atom. The van der Waals surface area contributed by atoms with Gasteiger partial charge in [-0.1, -0.05) is 15.9 Å². The number of carbonyl (C=O) groups is 1. The van der Waals surface area contributed by atoms with Gasteiger partial charge in [-0.15, -0.1) is 0 Å². The lowest BCUT2D eigenvalue weighted by Crippen LogP contribution is -2.26. The second-order valence-electron chi connectivity index (χ2n) is 2.54. The second kappa shape index (κ2) is 5.11. The molecule has 1 aromatic rings.